The van der Waals surface area contributed by atoms with Crippen LogP contribution in [-0.2, 0) is 0 Å². The Morgan fingerprint density at radius 2 is 2.29 bits per heavy atom. The first kappa shape index (κ1) is 7.07. The van der Waals surface area contributed by atoms with Gasteiger partial charge in [0.1, 0.15) is 5.38 Å². The lowest BCUT2D eigenvalue weighted by Gasteiger charge is -1.89. The van der Waals surface area contributed by atoms with E-state index in [4.69, 9.17) is 28.5 Å². The normalized spacial score (nSPS) is 12.7. The van der Waals surface area contributed by atoms with Crippen molar-refractivity contribution in [1.82, 2.24) is 0 Å². The van der Waals surface area contributed by atoms with E-state index in [1.807, 2.05) is 6.07 Å². The van der Waals surface area contributed by atoms with Gasteiger partial charge in [0, 0.05) is 5.88 Å². The summed E-state index contributed by atoms with van der Waals surface area (Å²) in [5.41, 5.74) is 0. The molecule has 0 aromatic heterocycles. The lowest BCUT2D eigenvalue weighted by atomic mass is 10.4. The zero-order chi connectivity index (χ0) is 5.70. The third-order valence-corrected chi connectivity index (χ3v) is 1.04. The van der Waals surface area contributed by atoms with E-state index in [2.05, 4.69) is 0 Å². The van der Waals surface area contributed by atoms with Crippen LogP contribution in [0.4, 0.5) is 0 Å². The summed E-state index contributed by atoms with van der Waals surface area (Å²) in [6.45, 7) is 0. The highest BCUT2D eigenvalue weighted by molar-refractivity contribution is 6.23. The van der Waals surface area contributed by atoms with Crippen LogP contribution in [-0.4, -0.2) is 11.3 Å². The topological polar surface area (TPSA) is 23.8 Å². The van der Waals surface area contributed by atoms with E-state index in [0.717, 1.165) is 0 Å². The van der Waals surface area contributed by atoms with E-state index in [9.17, 15) is 0 Å². The summed E-state index contributed by atoms with van der Waals surface area (Å²) in [5, 5.41) is 7.62. The summed E-state index contributed by atoms with van der Waals surface area (Å²) in [6, 6.07) is 1.85. The summed E-state index contributed by atoms with van der Waals surface area (Å²) in [5.74, 6) is 0.460. The van der Waals surface area contributed by atoms with Gasteiger partial charge in [0.25, 0.3) is 0 Å². The molecule has 0 amide bonds. The van der Waals surface area contributed by atoms with Crippen molar-refractivity contribution in [1.29, 1.82) is 5.26 Å². The Kier molecular flexibility index (Phi) is 4.28. The van der Waals surface area contributed by atoms with Crippen LogP contribution in [0.5, 0.6) is 0 Å². The molecule has 0 aliphatic heterocycles. The van der Waals surface area contributed by atoms with Gasteiger partial charge in [-0.2, -0.15) is 5.26 Å². The molecule has 3 heteroatoms. The van der Waals surface area contributed by atoms with Crippen LogP contribution in [0.25, 0.3) is 0 Å². The van der Waals surface area contributed by atoms with Gasteiger partial charge in [0.05, 0.1) is 6.07 Å². The number of rotatable bonds is 2. The van der Waals surface area contributed by atoms with Crippen LogP contribution in [0, 0.1) is 11.3 Å². The van der Waals surface area contributed by atoms with E-state index in [0.29, 0.717) is 12.3 Å². The summed E-state index contributed by atoms with van der Waals surface area (Å²) < 4.78 is 0. The van der Waals surface area contributed by atoms with Gasteiger partial charge in [-0.25, -0.2) is 0 Å². The van der Waals surface area contributed by atoms with Crippen LogP contribution < -0.4 is 0 Å². The summed E-state index contributed by atoms with van der Waals surface area (Å²) in [6.07, 6.45) is 0.569. The largest absolute Gasteiger partial charge is 0.197 e. The Balaban J connectivity index is 3.04. The Bertz CT molecular complexity index is 76.2. The molecule has 0 aromatic rings. The number of hydrogen-bond donors (Lipinski definition) is 0. The molecule has 0 saturated heterocycles. The highest BCUT2D eigenvalue weighted by atomic mass is 35.5. The Morgan fingerprint density at radius 1 is 1.71 bits per heavy atom. The van der Waals surface area contributed by atoms with Gasteiger partial charge in [-0.1, -0.05) is 0 Å². The predicted octanol–water partition coefficient (Wildman–Crippen LogP) is 1.75. The SMILES string of the molecule is N#CC(Cl)CCCl. The number of hydrogen-bond acceptors (Lipinski definition) is 1. The van der Waals surface area contributed by atoms with Gasteiger partial charge >= 0.3 is 0 Å². The van der Waals surface area contributed by atoms with Crippen LogP contribution >= 0.6 is 23.2 Å². The van der Waals surface area contributed by atoms with Crippen molar-refractivity contribution in [3.63, 3.8) is 0 Å². The van der Waals surface area contributed by atoms with E-state index >= 15 is 0 Å². The molecule has 0 bridgehead atoms. The fourth-order valence-electron chi connectivity index (χ4n) is 0.160. The minimum absolute atomic E-state index is 0.405. The van der Waals surface area contributed by atoms with Crippen LogP contribution in [0.15, 0.2) is 0 Å². The third-order valence-electron chi connectivity index (χ3n) is 0.503. The van der Waals surface area contributed by atoms with Crippen molar-refractivity contribution in [2.45, 2.75) is 11.8 Å². The highest BCUT2D eigenvalue weighted by Crippen LogP contribution is 1.99. The zero-order valence-corrected chi connectivity index (χ0v) is 5.21. The summed E-state index contributed by atoms with van der Waals surface area (Å²) in [7, 11) is 0. The molecule has 1 atom stereocenters. The standard InChI is InChI=1S/C4H5Cl2N/c5-2-1-4(6)3-7/h4H,1-2H2. The molecule has 0 radical (unpaired) electrons. The molecule has 40 valence electrons. The Morgan fingerprint density at radius 3 is 2.43 bits per heavy atom. The van der Waals surface area contributed by atoms with Crippen LogP contribution in [0.1, 0.15) is 6.42 Å². The second-order valence-electron chi connectivity index (χ2n) is 1.07. The molecule has 0 fully saturated rings. The van der Waals surface area contributed by atoms with Crippen LogP contribution in [0.2, 0.25) is 0 Å². The maximum atomic E-state index is 8.03. The molecule has 7 heavy (non-hydrogen) atoms. The van der Waals surface area contributed by atoms with Crippen LogP contribution in [0.3, 0.4) is 0 Å². The average Bonchev–Trinajstić information content (AvgIpc) is 1.68. The molecule has 1 nitrogen and oxygen atoms in total. The second-order valence-corrected chi connectivity index (χ2v) is 1.98. The van der Waals surface area contributed by atoms with Gasteiger partial charge < -0.3 is 0 Å². The fourth-order valence-corrected chi connectivity index (χ4v) is 0.599. The van der Waals surface area contributed by atoms with Crippen molar-refractivity contribution < 1.29 is 0 Å². The van der Waals surface area contributed by atoms with E-state index in [1.54, 1.807) is 0 Å². The lowest BCUT2D eigenvalue weighted by molar-refractivity contribution is 0.984. The van der Waals surface area contributed by atoms with Crippen molar-refractivity contribution in [2.24, 2.45) is 0 Å². The van der Waals surface area contributed by atoms with E-state index in [1.165, 1.54) is 0 Å². The van der Waals surface area contributed by atoms with E-state index < -0.39 is 5.38 Å². The predicted molar refractivity (Wildman–Crippen MR) is 30.6 cm³/mol. The molecule has 0 saturated carbocycles. The second kappa shape index (κ2) is 4.23. The molecule has 0 N–H and O–H groups in total. The molecular weight excluding hydrogens is 133 g/mol. The molecule has 0 aromatic carbocycles. The van der Waals surface area contributed by atoms with Gasteiger partial charge in [-0.3, -0.25) is 0 Å². The number of nitrogens with zero attached hydrogens (tertiary/aromatic N) is 1. The van der Waals surface area contributed by atoms with Crippen molar-refractivity contribution >= 4 is 23.2 Å². The molecule has 0 aliphatic rings. The monoisotopic (exact) mass is 137 g/mol. The third kappa shape index (κ3) is 3.91. The quantitative estimate of drug-likeness (QED) is 0.533. The zero-order valence-electron chi connectivity index (χ0n) is 3.69. The van der Waals surface area contributed by atoms with Crippen molar-refractivity contribution in [2.75, 3.05) is 5.88 Å². The minimum Gasteiger partial charge on any atom is -0.197 e. The lowest BCUT2D eigenvalue weighted by Crippen LogP contribution is -1.92. The van der Waals surface area contributed by atoms with Gasteiger partial charge in [0.2, 0.25) is 0 Å². The first-order valence-corrected chi connectivity index (χ1v) is 2.88. The highest BCUT2D eigenvalue weighted by Gasteiger charge is 1.96. The smallest absolute Gasteiger partial charge is 0.121 e. The molecule has 0 aliphatic carbocycles. The Hall–Kier alpha value is 0.0700. The Labute approximate surface area is 52.8 Å². The van der Waals surface area contributed by atoms with Crippen molar-refractivity contribution in [3.8, 4) is 6.07 Å². The number of nitriles is 1. The maximum Gasteiger partial charge on any atom is 0.121 e. The first-order chi connectivity index (χ1) is 3.31. The fraction of sp³-hybridized carbons (Fsp3) is 0.750. The number of halogens is 2. The molecule has 1 unspecified atom stereocenters. The van der Waals surface area contributed by atoms with E-state index in [-0.39, 0.29) is 0 Å². The van der Waals surface area contributed by atoms with Gasteiger partial charge in [-0.15, -0.1) is 23.2 Å². The minimum atomic E-state index is -0.405. The van der Waals surface area contributed by atoms with Gasteiger partial charge in [0.15, 0.2) is 0 Å². The average molecular weight is 138 g/mol. The number of alkyl halides is 2. The summed E-state index contributed by atoms with van der Waals surface area (Å²) >= 11 is 10.6. The van der Waals surface area contributed by atoms with Gasteiger partial charge in [-0.05, 0) is 6.42 Å². The maximum absolute atomic E-state index is 8.03. The summed E-state index contributed by atoms with van der Waals surface area (Å²) in [4.78, 5) is 0. The molecule has 0 heterocycles. The first-order valence-electron chi connectivity index (χ1n) is 1.91. The molecule has 0 spiro atoms. The molecule has 0 rings (SSSR count). The molecular formula is C4H5Cl2N. The van der Waals surface area contributed by atoms with Crippen molar-refractivity contribution in [3.05, 3.63) is 0 Å².